The Bertz CT molecular complexity index is 512. The first-order chi connectivity index (χ1) is 11.2. The van der Waals surface area contributed by atoms with Crippen molar-refractivity contribution in [3.8, 4) is 0 Å². The number of nitrogen functional groups attached to an aromatic ring is 1. The molecule has 2 saturated heterocycles. The van der Waals surface area contributed by atoms with Crippen LogP contribution < -0.4 is 15.5 Å². The van der Waals surface area contributed by atoms with E-state index in [1.807, 2.05) is 0 Å². The minimum Gasteiger partial charge on any atom is -0.393 e. The van der Waals surface area contributed by atoms with E-state index in [4.69, 9.17) is 5.73 Å². The van der Waals surface area contributed by atoms with Gasteiger partial charge in [-0.1, -0.05) is 13.8 Å². The molecule has 1 aromatic rings. The van der Waals surface area contributed by atoms with Crippen LogP contribution in [0.3, 0.4) is 0 Å². The van der Waals surface area contributed by atoms with Crippen LogP contribution in [0.15, 0.2) is 6.33 Å². The zero-order valence-corrected chi connectivity index (χ0v) is 14.5. The maximum atomic E-state index is 6.51. The lowest BCUT2D eigenvalue weighted by molar-refractivity contribution is 0.270. The topological polar surface area (TPSA) is 61.5 Å². The summed E-state index contributed by atoms with van der Waals surface area (Å²) in [5.41, 5.74) is 7.27. The Morgan fingerprint density at radius 3 is 2.48 bits per heavy atom. The molecule has 0 bridgehead atoms. The molecule has 1 unspecified atom stereocenters. The van der Waals surface area contributed by atoms with E-state index < -0.39 is 0 Å². The highest BCUT2D eigenvalue weighted by Crippen LogP contribution is 2.33. The first-order valence-electron chi connectivity index (χ1n) is 9.09. The Morgan fingerprint density at radius 2 is 1.78 bits per heavy atom. The van der Waals surface area contributed by atoms with Crippen molar-refractivity contribution in [3.05, 3.63) is 6.33 Å². The number of likely N-dealkylation sites (N-methyl/N-ethyl adjacent to an activating group) is 1. The van der Waals surface area contributed by atoms with Crippen molar-refractivity contribution < 1.29 is 0 Å². The van der Waals surface area contributed by atoms with Crippen LogP contribution >= 0.6 is 0 Å². The Labute approximate surface area is 139 Å². The summed E-state index contributed by atoms with van der Waals surface area (Å²) in [6, 6.07) is 0.561. The van der Waals surface area contributed by atoms with Crippen LogP contribution in [0, 0.1) is 0 Å². The van der Waals surface area contributed by atoms with E-state index in [0.717, 1.165) is 63.0 Å². The fraction of sp³-hybridized carbons (Fsp3) is 0.765. The molecule has 2 fully saturated rings. The standard InChI is InChI=1S/C17H30N6/c1-3-14-7-5-6-8-23(14)17-15(18)16(19-13-20-17)22-11-9-21(4-2)10-12-22/h13-14H,3-12,18H2,1-2H3. The quantitative estimate of drug-likeness (QED) is 0.916. The second-order valence-corrected chi connectivity index (χ2v) is 6.61. The number of piperidine rings is 1. The Balaban J connectivity index is 1.81. The van der Waals surface area contributed by atoms with Gasteiger partial charge in [0.15, 0.2) is 11.6 Å². The number of anilines is 3. The maximum Gasteiger partial charge on any atom is 0.157 e. The van der Waals surface area contributed by atoms with Crippen molar-refractivity contribution in [3.63, 3.8) is 0 Å². The number of aromatic nitrogens is 2. The summed E-state index contributed by atoms with van der Waals surface area (Å²) in [6.45, 7) is 10.8. The fourth-order valence-corrected chi connectivity index (χ4v) is 3.84. The van der Waals surface area contributed by atoms with Crippen molar-refractivity contribution in [2.75, 3.05) is 54.8 Å². The van der Waals surface area contributed by atoms with Gasteiger partial charge in [-0.3, -0.25) is 0 Å². The molecule has 0 saturated carbocycles. The minimum absolute atomic E-state index is 0.561. The molecular weight excluding hydrogens is 288 g/mol. The highest BCUT2D eigenvalue weighted by Gasteiger charge is 2.27. The fourth-order valence-electron chi connectivity index (χ4n) is 3.84. The first-order valence-corrected chi connectivity index (χ1v) is 9.09. The number of hydrogen-bond acceptors (Lipinski definition) is 6. The summed E-state index contributed by atoms with van der Waals surface area (Å²) in [5, 5.41) is 0. The molecule has 0 amide bonds. The molecule has 0 aromatic carbocycles. The van der Waals surface area contributed by atoms with Crippen LogP contribution in [0.2, 0.25) is 0 Å². The van der Waals surface area contributed by atoms with E-state index in [1.165, 1.54) is 19.3 Å². The molecule has 0 radical (unpaired) electrons. The van der Waals surface area contributed by atoms with E-state index in [1.54, 1.807) is 6.33 Å². The first kappa shape index (κ1) is 16.3. The third kappa shape index (κ3) is 3.37. The van der Waals surface area contributed by atoms with Crippen LogP contribution in [0.5, 0.6) is 0 Å². The lowest BCUT2D eigenvalue weighted by Gasteiger charge is -2.38. The molecule has 2 aliphatic rings. The number of nitrogens with two attached hydrogens (primary N) is 1. The number of nitrogens with zero attached hydrogens (tertiary/aromatic N) is 5. The number of hydrogen-bond donors (Lipinski definition) is 1. The second-order valence-electron chi connectivity index (χ2n) is 6.61. The van der Waals surface area contributed by atoms with E-state index >= 15 is 0 Å². The van der Waals surface area contributed by atoms with Crippen LogP contribution in [-0.2, 0) is 0 Å². The van der Waals surface area contributed by atoms with E-state index in [9.17, 15) is 0 Å². The molecule has 23 heavy (non-hydrogen) atoms. The van der Waals surface area contributed by atoms with E-state index in [2.05, 4.69) is 38.5 Å². The molecule has 0 spiro atoms. The van der Waals surface area contributed by atoms with Gasteiger partial charge in [-0.05, 0) is 32.2 Å². The molecule has 2 N–H and O–H groups in total. The predicted molar refractivity (Wildman–Crippen MR) is 96.0 cm³/mol. The zero-order chi connectivity index (χ0) is 16.2. The average Bonchev–Trinajstić information content (AvgIpc) is 2.62. The van der Waals surface area contributed by atoms with Crippen molar-refractivity contribution in [2.45, 2.75) is 45.6 Å². The number of rotatable bonds is 4. The highest BCUT2D eigenvalue weighted by atomic mass is 15.3. The Kier molecular flexibility index (Phi) is 5.20. The molecule has 3 rings (SSSR count). The van der Waals surface area contributed by atoms with Gasteiger partial charge in [0.05, 0.1) is 0 Å². The van der Waals surface area contributed by atoms with Gasteiger partial charge >= 0.3 is 0 Å². The molecule has 6 nitrogen and oxygen atoms in total. The SMILES string of the molecule is CCC1CCCCN1c1ncnc(N2CCN(CC)CC2)c1N. The van der Waals surface area contributed by atoms with Gasteiger partial charge in [0.25, 0.3) is 0 Å². The summed E-state index contributed by atoms with van der Waals surface area (Å²) >= 11 is 0. The molecule has 1 atom stereocenters. The van der Waals surface area contributed by atoms with Gasteiger partial charge in [-0.25, -0.2) is 9.97 Å². The van der Waals surface area contributed by atoms with Crippen LogP contribution in [0.1, 0.15) is 39.5 Å². The van der Waals surface area contributed by atoms with Gasteiger partial charge in [0, 0.05) is 38.8 Å². The second kappa shape index (κ2) is 7.34. The van der Waals surface area contributed by atoms with E-state index in [-0.39, 0.29) is 0 Å². The van der Waals surface area contributed by atoms with Gasteiger partial charge in [-0.2, -0.15) is 0 Å². The predicted octanol–water partition coefficient (Wildman–Crippen LogP) is 1.97. The summed E-state index contributed by atoms with van der Waals surface area (Å²) in [7, 11) is 0. The Hall–Kier alpha value is -1.56. The highest BCUT2D eigenvalue weighted by molar-refractivity contribution is 5.76. The normalized spacial score (nSPS) is 23.3. The summed E-state index contributed by atoms with van der Waals surface area (Å²) < 4.78 is 0. The van der Waals surface area contributed by atoms with Crippen molar-refractivity contribution in [1.29, 1.82) is 0 Å². The van der Waals surface area contributed by atoms with Gasteiger partial charge in [0.1, 0.15) is 12.0 Å². The van der Waals surface area contributed by atoms with Gasteiger partial charge in [-0.15, -0.1) is 0 Å². The molecule has 0 aliphatic carbocycles. The van der Waals surface area contributed by atoms with Gasteiger partial charge < -0.3 is 20.4 Å². The maximum absolute atomic E-state index is 6.51. The Morgan fingerprint density at radius 1 is 1.04 bits per heavy atom. The average molecular weight is 318 g/mol. The van der Waals surface area contributed by atoms with Crippen LogP contribution in [0.25, 0.3) is 0 Å². The molecular formula is C17H30N6. The molecule has 128 valence electrons. The lowest BCUT2D eigenvalue weighted by atomic mass is 10.00. The summed E-state index contributed by atoms with van der Waals surface area (Å²) in [4.78, 5) is 16.2. The molecule has 2 aliphatic heterocycles. The zero-order valence-electron chi connectivity index (χ0n) is 14.5. The van der Waals surface area contributed by atoms with Crippen molar-refractivity contribution in [1.82, 2.24) is 14.9 Å². The molecule has 3 heterocycles. The monoisotopic (exact) mass is 318 g/mol. The van der Waals surface area contributed by atoms with Crippen LogP contribution in [-0.4, -0.2) is 60.2 Å². The lowest BCUT2D eigenvalue weighted by Crippen LogP contribution is -2.47. The van der Waals surface area contributed by atoms with Crippen molar-refractivity contribution in [2.24, 2.45) is 0 Å². The van der Waals surface area contributed by atoms with Crippen LogP contribution in [0.4, 0.5) is 17.3 Å². The van der Waals surface area contributed by atoms with E-state index in [0.29, 0.717) is 6.04 Å². The third-order valence-electron chi connectivity index (χ3n) is 5.33. The summed E-state index contributed by atoms with van der Waals surface area (Å²) in [6.07, 6.45) is 6.61. The van der Waals surface area contributed by atoms with Gasteiger partial charge in [0.2, 0.25) is 0 Å². The number of piperazine rings is 1. The minimum atomic E-state index is 0.561. The third-order valence-corrected chi connectivity index (χ3v) is 5.33. The van der Waals surface area contributed by atoms with Crippen molar-refractivity contribution >= 4 is 17.3 Å². The molecule has 1 aromatic heterocycles. The molecule has 6 heteroatoms. The summed E-state index contributed by atoms with van der Waals surface area (Å²) in [5.74, 6) is 1.87. The largest absolute Gasteiger partial charge is 0.393 e. The smallest absolute Gasteiger partial charge is 0.157 e.